The number of carbonyl (C=O) groups excluding carboxylic acids is 1. The number of aromatic nitrogens is 2. The fraction of sp³-hybridized carbons (Fsp3) is 0.611. The minimum Gasteiger partial charge on any atom is -0.380 e. The molecule has 2 aromatic rings. The van der Waals surface area contributed by atoms with Crippen molar-refractivity contribution in [1.82, 2.24) is 19.8 Å². The lowest BCUT2D eigenvalue weighted by molar-refractivity contribution is 0.0952. The number of ether oxygens (including phenoxy) is 1. The number of aryl methyl sites for hydroxylation is 1. The van der Waals surface area contributed by atoms with Gasteiger partial charge < -0.3 is 15.0 Å². The van der Waals surface area contributed by atoms with E-state index in [9.17, 15) is 9.59 Å². The maximum Gasteiger partial charge on any atom is 0.262 e. The molecule has 0 aliphatic rings. The van der Waals surface area contributed by atoms with Crippen molar-refractivity contribution in [3.05, 3.63) is 27.1 Å². The third kappa shape index (κ3) is 4.69. The van der Waals surface area contributed by atoms with Gasteiger partial charge in [0.1, 0.15) is 4.83 Å². The van der Waals surface area contributed by atoms with E-state index in [1.165, 1.54) is 17.7 Å². The van der Waals surface area contributed by atoms with Gasteiger partial charge in [-0.05, 0) is 32.5 Å². The highest BCUT2D eigenvalue weighted by molar-refractivity contribution is 7.20. The van der Waals surface area contributed by atoms with E-state index in [4.69, 9.17) is 4.74 Å². The first-order valence-corrected chi connectivity index (χ1v) is 9.91. The standard InChI is InChI=1S/C18H28N4O3S/c1-5-21(6-2)9-8-19-16(23)15-13(4)14-17(26-15)20-12-22(18(14)24)10-11-25-7-3/h12H,5-11H2,1-4H3,(H,19,23). The van der Waals surface area contributed by atoms with Crippen LogP contribution in [0.25, 0.3) is 10.2 Å². The predicted molar refractivity (Wildman–Crippen MR) is 105 cm³/mol. The van der Waals surface area contributed by atoms with E-state index in [1.807, 2.05) is 13.8 Å². The van der Waals surface area contributed by atoms with Gasteiger partial charge in [0.2, 0.25) is 0 Å². The highest BCUT2D eigenvalue weighted by atomic mass is 32.1. The van der Waals surface area contributed by atoms with Gasteiger partial charge in [0, 0.05) is 19.7 Å². The summed E-state index contributed by atoms with van der Waals surface area (Å²) in [5.74, 6) is -0.141. The minimum absolute atomic E-state index is 0.120. The van der Waals surface area contributed by atoms with Crippen molar-refractivity contribution in [3.63, 3.8) is 0 Å². The molecule has 0 bridgehead atoms. The van der Waals surface area contributed by atoms with Gasteiger partial charge in [-0.2, -0.15) is 0 Å². The number of likely N-dealkylation sites (N-methyl/N-ethyl adjacent to an activating group) is 1. The van der Waals surface area contributed by atoms with Crippen LogP contribution in [-0.4, -0.2) is 59.8 Å². The van der Waals surface area contributed by atoms with E-state index < -0.39 is 0 Å². The quantitative estimate of drug-likeness (QED) is 0.637. The van der Waals surface area contributed by atoms with E-state index in [0.29, 0.717) is 47.0 Å². The lowest BCUT2D eigenvalue weighted by Crippen LogP contribution is -2.34. The number of carbonyl (C=O) groups is 1. The zero-order chi connectivity index (χ0) is 19.1. The Bertz CT molecular complexity index is 796. The van der Waals surface area contributed by atoms with Crippen LogP contribution in [0.2, 0.25) is 0 Å². The van der Waals surface area contributed by atoms with E-state index >= 15 is 0 Å². The molecule has 2 rings (SSSR count). The van der Waals surface area contributed by atoms with Crippen LogP contribution < -0.4 is 10.9 Å². The molecule has 0 radical (unpaired) electrons. The Labute approximate surface area is 158 Å². The minimum atomic E-state index is -0.141. The summed E-state index contributed by atoms with van der Waals surface area (Å²) in [7, 11) is 0. The molecule has 0 aliphatic heterocycles. The Morgan fingerprint density at radius 1 is 1.35 bits per heavy atom. The number of fused-ring (bicyclic) bond motifs is 1. The summed E-state index contributed by atoms with van der Waals surface area (Å²) < 4.78 is 6.85. The van der Waals surface area contributed by atoms with Gasteiger partial charge in [-0.15, -0.1) is 11.3 Å². The maximum absolute atomic E-state index is 12.7. The topological polar surface area (TPSA) is 76.5 Å². The molecule has 1 amide bonds. The Kier molecular flexibility index (Phi) is 7.74. The Hall–Kier alpha value is -1.77. The lowest BCUT2D eigenvalue weighted by Gasteiger charge is -2.17. The van der Waals surface area contributed by atoms with Crippen LogP contribution >= 0.6 is 11.3 Å². The SMILES string of the molecule is CCOCCn1cnc2sc(C(=O)NCCN(CC)CC)c(C)c2c1=O. The number of nitrogens with one attached hydrogen (secondary N) is 1. The first-order chi connectivity index (χ1) is 12.5. The molecule has 2 heterocycles. The van der Waals surface area contributed by atoms with Crippen LogP contribution in [0.15, 0.2) is 11.1 Å². The summed E-state index contributed by atoms with van der Waals surface area (Å²) in [4.78, 5) is 33.0. The molecule has 144 valence electrons. The number of nitrogens with zero attached hydrogens (tertiary/aromatic N) is 3. The van der Waals surface area contributed by atoms with Gasteiger partial charge in [-0.3, -0.25) is 14.2 Å². The molecular weight excluding hydrogens is 352 g/mol. The van der Waals surface area contributed by atoms with Gasteiger partial charge in [0.15, 0.2) is 0 Å². The van der Waals surface area contributed by atoms with Gasteiger partial charge in [-0.1, -0.05) is 13.8 Å². The molecule has 0 fully saturated rings. The van der Waals surface area contributed by atoms with Crippen molar-refractivity contribution in [3.8, 4) is 0 Å². The molecule has 0 atom stereocenters. The molecule has 0 unspecified atom stereocenters. The summed E-state index contributed by atoms with van der Waals surface area (Å²) >= 11 is 1.27. The fourth-order valence-corrected chi connectivity index (χ4v) is 3.85. The summed E-state index contributed by atoms with van der Waals surface area (Å²) in [5, 5.41) is 3.48. The first kappa shape index (κ1) is 20.5. The maximum atomic E-state index is 12.7. The van der Waals surface area contributed by atoms with Crippen LogP contribution in [0, 0.1) is 6.92 Å². The molecule has 0 spiro atoms. The van der Waals surface area contributed by atoms with Crippen LogP contribution in [0.1, 0.15) is 36.0 Å². The molecule has 2 aromatic heterocycles. The Morgan fingerprint density at radius 3 is 2.73 bits per heavy atom. The smallest absolute Gasteiger partial charge is 0.262 e. The summed E-state index contributed by atoms with van der Waals surface area (Å²) in [6.45, 7) is 12.8. The van der Waals surface area contributed by atoms with Crippen LogP contribution in [0.4, 0.5) is 0 Å². The molecule has 0 saturated heterocycles. The number of rotatable bonds is 10. The van der Waals surface area contributed by atoms with Gasteiger partial charge in [0.25, 0.3) is 11.5 Å². The third-order valence-electron chi connectivity index (χ3n) is 4.41. The number of hydrogen-bond acceptors (Lipinski definition) is 6. The molecule has 26 heavy (non-hydrogen) atoms. The van der Waals surface area contributed by atoms with Crippen LogP contribution in [0.3, 0.4) is 0 Å². The van der Waals surface area contributed by atoms with Crippen molar-refractivity contribution in [2.24, 2.45) is 0 Å². The van der Waals surface area contributed by atoms with Crippen molar-refractivity contribution in [1.29, 1.82) is 0 Å². The summed E-state index contributed by atoms with van der Waals surface area (Å²) in [6.07, 6.45) is 1.53. The lowest BCUT2D eigenvalue weighted by atomic mass is 10.2. The molecule has 0 aliphatic carbocycles. The average Bonchev–Trinajstić information content (AvgIpc) is 2.98. The Morgan fingerprint density at radius 2 is 2.08 bits per heavy atom. The summed E-state index contributed by atoms with van der Waals surface area (Å²) in [6, 6.07) is 0. The predicted octanol–water partition coefficient (Wildman–Crippen LogP) is 1.87. The second kappa shape index (κ2) is 9.80. The van der Waals surface area contributed by atoms with Crippen LogP contribution in [-0.2, 0) is 11.3 Å². The molecule has 0 aromatic carbocycles. The van der Waals surface area contributed by atoms with Crippen molar-refractivity contribution < 1.29 is 9.53 Å². The van der Waals surface area contributed by atoms with E-state index in [1.54, 1.807) is 4.57 Å². The van der Waals surface area contributed by atoms with Crippen molar-refractivity contribution in [2.45, 2.75) is 34.2 Å². The molecule has 7 nitrogen and oxygen atoms in total. The third-order valence-corrected chi connectivity index (χ3v) is 5.61. The van der Waals surface area contributed by atoms with Crippen molar-refractivity contribution >= 4 is 27.5 Å². The monoisotopic (exact) mass is 380 g/mol. The molecule has 0 saturated carbocycles. The number of amides is 1. The molecular formula is C18H28N4O3S. The average molecular weight is 381 g/mol. The largest absolute Gasteiger partial charge is 0.380 e. The van der Waals surface area contributed by atoms with Gasteiger partial charge in [-0.25, -0.2) is 4.98 Å². The summed E-state index contributed by atoms with van der Waals surface area (Å²) in [5.41, 5.74) is 0.583. The number of thiophene rings is 1. The van der Waals surface area contributed by atoms with Crippen LogP contribution in [0.5, 0.6) is 0 Å². The molecule has 1 N–H and O–H groups in total. The molecule has 8 heteroatoms. The number of hydrogen-bond donors (Lipinski definition) is 1. The fourth-order valence-electron chi connectivity index (χ4n) is 2.79. The zero-order valence-electron chi connectivity index (χ0n) is 16.0. The second-order valence-electron chi connectivity index (χ2n) is 5.96. The van der Waals surface area contributed by atoms with E-state index in [-0.39, 0.29) is 11.5 Å². The Balaban J connectivity index is 2.16. The van der Waals surface area contributed by atoms with E-state index in [2.05, 4.69) is 29.0 Å². The van der Waals surface area contributed by atoms with E-state index in [0.717, 1.165) is 19.6 Å². The normalized spacial score (nSPS) is 11.4. The second-order valence-corrected chi connectivity index (χ2v) is 6.96. The highest BCUT2D eigenvalue weighted by Gasteiger charge is 2.19. The van der Waals surface area contributed by atoms with Gasteiger partial charge in [0.05, 0.1) is 29.7 Å². The van der Waals surface area contributed by atoms with Crippen molar-refractivity contribution in [2.75, 3.05) is 39.4 Å². The highest BCUT2D eigenvalue weighted by Crippen LogP contribution is 2.26. The first-order valence-electron chi connectivity index (χ1n) is 9.10. The zero-order valence-corrected chi connectivity index (χ0v) is 16.8. The van der Waals surface area contributed by atoms with Gasteiger partial charge >= 0.3 is 0 Å².